The van der Waals surface area contributed by atoms with E-state index in [4.69, 9.17) is 0 Å². The Labute approximate surface area is 161 Å². The van der Waals surface area contributed by atoms with Crippen molar-refractivity contribution in [2.45, 2.75) is 32.1 Å². The van der Waals surface area contributed by atoms with E-state index in [0.29, 0.717) is 25.1 Å². The third-order valence-corrected chi connectivity index (χ3v) is 6.88. The Morgan fingerprint density at radius 2 is 2.00 bits per heavy atom. The van der Waals surface area contributed by atoms with Crippen LogP contribution < -0.4 is 0 Å². The molecular formula is C20H26FN3O2S. The lowest BCUT2D eigenvalue weighted by Gasteiger charge is -2.33. The average molecular weight is 392 g/mol. The van der Waals surface area contributed by atoms with Crippen LogP contribution in [0.15, 0.2) is 36.4 Å². The highest BCUT2D eigenvalue weighted by Gasteiger charge is 2.31. The molecule has 1 atom stereocenters. The largest absolute Gasteiger partial charge is 0.281 e. The maximum absolute atomic E-state index is 14.0. The second-order valence-corrected chi connectivity index (χ2v) is 9.44. The van der Waals surface area contributed by atoms with Gasteiger partial charge in [0.05, 0.1) is 0 Å². The van der Waals surface area contributed by atoms with Crippen LogP contribution in [0, 0.1) is 12.7 Å². The second kappa shape index (κ2) is 8.04. The fourth-order valence-electron chi connectivity index (χ4n) is 3.57. The van der Waals surface area contributed by atoms with Gasteiger partial charge in [0.2, 0.25) is 0 Å². The minimum absolute atomic E-state index is 0.0488. The number of piperidine rings is 1. The van der Waals surface area contributed by atoms with Crippen molar-refractivity contribution in [2.75, 3.05) is 27.2 Å². The molecule has 0 aliphatic carbocycles. The summed E-state index contributed by atoms with van der Waals surface area (Å²) in [5, 5.41) is 0. The first-order valence-corrected chi connectivity index (χ1v) is 10.6. The van der Waals surface area contributed by atoms with Crippen LogP contribution >= 0.6 is 0 Å². The molecule has 1 aromatic carbocycles. The van der Waals surface area contributed by atoms with Crippen molar-refractivity contribution < 1.29 is 12.8 Å². The van der Waals surface area contributed by atoms with Gasteiger partial charge in [-0.3, -0.25) is 4.98 Å². The molecule has 0 amide bonds. The summed E-state index contributed by atoms with van der Waals surface area (Å²) in [6.45, 7) is 2.88. The fraction of sp³-hybridized carbons (Fsp3) is 0.450. The Morgan fingerprint density at radius 1 is 1.26 bits per heavy atom. The maximum atomic E-state index is 14.0. The molecule has 7 heteroatoms. The normalized spacial score (nSPS) is 18.8. The summed E-state index contributed by atoms with van der Waals surface area (Å²) in [6.07, 6.45) is 2.19. The smallest absolute Gasteiger partial charge is 0.258 e. The molecule has 0 N–H and O–H groups in total. The molecule has 3 rings (SSSR count). The SMILES string of the molecule is Cc1cc(Cc2ccccc2F)cc(C2CCCN(S(=O)(=O)N(C)C)C2)n1. The number of halogens is 1. The van der Waals surface area contributed by atoms with Crippen molar-refractivity contribution in [3.63, 3.8) is 0 Å². The molecule has 1 saturated heterocycles. The van der Waals surface area contributed by atoms with Crippen molar-refractivity contribution in [2.24, 2.45) is 0 Å². The highest BCUT2D eigenvalue weighted by atomic mass is 32.2. The van der Waals surface area contributed by atoms with Gasteiger partial charge in [-0.1, -0.05) is 18.2 Å². The van der Waals surface area contributed by atoms with Crippen molar-refractivity contribution in [3.05, 3.63) is 64.7 Å². The molecule has 5 nitrogen and oxygen atoms in total. The molecule has 0 radical (unpaired) electrons. The number of rotatable bonds is 5. The first-order chi connectivity index (χ1) is 12.8. The topological polar surface area (TPSA) is 53.5 Å². The molecular weight excluding hydrogens is 365 g/mol. The van der Waals surface area contributed by atoms with Crippen molar-refractivity contribution in [1.82, 2.24) is 13.6 Å². The van der Waals surface area contributed by atoms with Gasteiger partial charge >= 0.3 is 0 Å². The maximum Gasteiger partial charge on any atom is 0.281 e. The zero-order valence-electron chi connectivity index (χ0n) is 16.0. The summed E-state index contributed by atoms with van der Waals surface area (Å²) < 4.78 is 41.7. The van der Waals surface area contributed by atoms with Crippen LogP contribution in [0.5, 0.6) is 0 Å². The number of pyridine rings is 1. The monoisotopic (exact) mass is 391 g/mol. The van der Waals surface area contributed by atoms with Gasteiger partial charge < -0.3 is 0 Å². The molecule has 0 saturated carbocycles. The summed E-state index contributed by atoms with van der Waals surface area (Å²) in [5.74, 6) is -0.165. The molecule has 2 heterocycles. The Balaban J connectivity index is 1.84. The lowest BCUT2D eigenvalue weighted by molar-refractivity contribution is 0.296. The zero-order valence-corrected chi connectivity index (χ0v) is 16.8. The number of aryl methyl sites for hydroxylation is 1. The lowest BCUT2D eigenvalue weighted by atomic mass is 9.93. The Hall–Kier alpha value is -1.83. The predicted molar refractivity (Wildman–Crippen MR) is 104 cm³/mol. The van der Waals surface area contributed by atoms with E-state index in [9.17, 15) is 12.8 Å². The van der Waals surface area contributed by atoms with Crippen LogP contribution in [0.2, 0.25) is 0 Å². The van der Waals surface area contributed by atoms with Gasteiger partial charge in [0, 0.05) is 50.9 Å². The number of nitrogens with zero attached hydrogens (tertiary/aromatic N) is 3. The van der Waals surface area contributed by atoms with E-state index in [1.807, 2.05) is 25.1 Å². The van der Waals surface area contributed by atoms with Crippen LogP contribution in [0.4, 0.5) is 4.39 Å². The zero-order chi connectivity index (χ0) is 19.6. The van der Waals surface area contributed by atoms with Gasteiger partial charge in [-0.15, -0.1) is 0 Å². The molecule has 0 spiro atoms. The Bertz CT molecular complexity index is 915. The van der Waals surface area contributed by atoms with Crippen LogP contribution in [-0.4, -0.2) is 49.2 Å². The van der Waals surface area contributed by atoms with Gasteiger partial charge in [-0.05, 0) is 49.1 Å². The first kappa shape index (κ1) is 19.9. The summed E-state index contributed by atoms with van der Waals surface area (Å²) in [4.78, 5) is 4.65. The number of hydrogen-bond donors (Lipinski definition) is 0. The predicted octanol–water partition coefficient (Wildman–Crippen LogP) is 3.11. The first-order valence-electron chi connectivity index (χ1n) is 9.16. The summed E-state index contributed by atoms with van der Waals surface area (Å²) >= 11 is 0. The van der Waals surface area contributed by atoms with E-state index >= 15 is 0 Å². The number of aromatic nitrogens is 1. The van der Waals surface area contributed by atoms with Crippen molar-refractivity contribution in [1.29, 1.82) is 0 Å². The minimum atomic E-state index is -3.43. The van der Waals surface area contributed by atoms with E-state index in [0.717, 1.165) is 29.8 Å². The Kier molecular flexibility index (Phi) is 5.93. The van der Waals surface area contributed by atoms with E-state index in [-0.39, 0.29) is 11.7 Å². The molecule has 2 aromatic rings. The highest BCUT2D eigenvalue weighted by molar-refractivity contribution is 7.86. The van der Waals surface area contributed by atoms with Gasteiger partial charge in [0.1, 0.15) is 5.82 Å². The van der Waals surface area contributed by atoms with Gasteiger partial charge in [0.15, 0.2) is 0 Å². The standard InChI is InChI=1S/C20H26FN3O2S/c1-15-11-16(12-17-7-4-5-9-19(17)21)13-20(22-15)18-8-6-10-24(14-18)27(25,26)23(2)3/h4-5,7,9,11,13,18H,6,8,10,12,14H2,1-3H3. The molecule has 1 aliphatic rings. The summed E-state index contributed by atoms with van der Waals surface area (Å²) in [6, 6.07) is 10.7. The minimum Gasteiger partial charge on any atom is -0.258 e. The van der Waals surface area contributed by atoms with E-state index in [1.165, 1.54) is 14.7 Å². The van der Waals surface area contributed by atoms with Crippen LogP contribution in [0.25, 0.3) is 0 Å². The van der Waals surface area contributed by atoms with Crippen LogP contribution in [-0.2, 0) is 16.6 Å². The third kappa shape index (κ3) is 4.54. The molecule has 1 aliphatic heterocycles. The molecule has 27 heavy (non-hydrogen) atoms. The molecule has 0 bridgehead atoms. The second-order valence-electron chi connectivity index (χ2n) is 7.30. The molecule has 146 valence electrons. The van der Waals surface area contributed by atoms with E-state index in [2.05, 4.69) is 4.98 Å². The lowest BCUT2D eigenvalue weighted by Crippen LogP contribution is -2.45. The van der Waals surface area contributed by atoms with Gasteiger partial charge in [-0.2, -0.15) is 17.0 Å². The summed E-state index contributed by atoms with van der Waals surface area (Å²) in [5.41, 5.74) is 3.40. The Morgan fingerprint density at radius 3 is 2.70 bits per heavy atom. The molecule has 1 unspecified atom stereocenters. The van der Waals surface area contributed by atoms with Gasteiger partial charge in [-0.25, -0.2) is 4.39 Å². The molecule has 1 fully saturated rings. The fourth-order valence-corrected chi connectivity index (χ4v) is 4.76. The van der Waals surface area contributed by atoms with Crippen molar-refractivity contribution in [3.8, 4) is 0 Å². The van der Waals surface area contributed by atoms with E-state index < -0.39 is 10.2 Å². The average Bonchev–Trinajstić information content (AvgIpc) is 2.63. The van der Waals surface area contributed by atoms with Crippen LogP contribution in [0.3, 0.4) is 0 Å². The third-order valence-electron chi connectivity index (χ3n) is 4.98. The number of benzene rings is 1. The molecule has 1 aromatic heterocycles. The van der Waals surface area contributed by atoms with Crippen LogP contribution in [0.1, 0.15) is 41.3 Å². The summed E-state index contributed by atoms with van der Waals surface area (Å²) in [7, 11) is -0.322. The van der Waals surface area contributed by atoms with Crippen molar-refractivity contribution >= 4 is 10.2 Å². The van der Waals surface area contributed by atoms with Gasteiger partial charge in [0.25, 0.3) is 10.2 Å². The van der Waals surface area contributed by atoms with E-state index in [1.54, 1.807) is 26.2 Å². The highest BCUT2D eigenvalue weighted by Crippen LogP contribution is 2.29. The number of hydrogen-bond acceptors (Lipinski definition) is 3. The quantitative estimate of drug-likeness (QED) is 0.787.